The summed E-state index contributed by atoms with van der Waals surface area (Å²) in [6.45, 7) is 15.5. The molecule has 2 aromatic rings. The lowest BCUT2D eigenvalue weighted by molar-refractivity contribution is 0.0130. The van der Waals surface area contributed by atoms with Gasteiger partial charge in [0.05, 0.1) is 15.5 Å². The van der Waals surface area contributed by atoms with Crippen LogP contribution in [0.25, 0.3) is 10.9 Å². The van der Waals surface area contributed by atoms with Crippen molar-refractivity contribution in [2.24, 2.45) is 0 Å². The summed E-state index contributed by atoms with van der Waals surface area (Å²) >= 11 is 10.2. The molecule has 0 saturated carbocycles. The SMILES string of the molecule is CC1CN(c2nc(=O)n3c4c(c(Br)c(Cl)cc24)OC[C@H]3CN2CCN(C)CC2)C(C)CN1C(=O)OC(C)(C)C. The molecule has 4 heterocycles. The van der Waals surface area contributed by atoms with E-state index < -0.39 is 5.60 Å². The number of carbonyl (C=O) groups is 1. The van der Waals surface area contributed by atoms with E-state index in [-0.39, 0.29) is 29.9 Å². The Morgan fingerprint density at radius 3 is 2.54 bits per heavy atom. The Hall–Kier alpha value is -2.08. The van der Waals surface area contributed by atoms with Crippen molar-refractivity contribution in [3.8, 4) is 5.75 Å². The molecule has 2 fully saturated rings. The van der Waals surface area contributed by atoms with Crippen molar-refractivity contribution in [3.63, 3.8) is 0 Å². The lowest BCUT2D eigenvalue weighted by Crippen LogP contribution is -2.59. The summed E-state index contributed by atoms with van der Waals surface area (Å²) in [7, 11) is 2.13. The first kappa shape index (κ1) is 28.4. The third-order valence-electron chi connectivity index (χ3n) is 7.78. The molecule has 0 bridgehead atoms. The number of anilines is 1. The second-order valence-electron chi connectivity index (χ2n) is 12.0. The van der Waals surface area contributed by atoms with Gasteiger partial charge < -0.3 is 24.2 Å². The van der Waals surface area contributed by atoms with Crippen LogP contribution in [0.4, 0.5) is 10.6 Å². The molecule has 3 aliphatic heterocycles. The van der Waals surface area contributed by atoms with E-state index in [0.29, 0.717) is 52.8 Å². The van der Waals surface area contributed by atoms with Crippen LogP contribution in [0.15, 0.2) is 15.3 Å². The minimum atomic E-state index is -0.575. The highest BCUT2D eigenvalue weighted by molar-refractivity contribution is 9.10. The summed E-state index contributed by atoms with van der Waals surface area (Å²) in [4.78, 5) is 39.8. The minimum Gasteiger partial charge on any atom is -0.488 e. The minimum absolute atomic E-state index is 0.101. The zero-order valence-corrected chi connectivity index (χ0v) is 25.9. The number of piperazine rings is 2. The highest BCUT2D eigenvalue weighted by Gasteiger charge is 2.38. The number of nitrogens with zero attached hydrogens (tertiary/aromatic N) is 6. The predicted octanol–water partition coefficient (Wildman–Crippen LogP) is 3.83. The molecule has 10 nitrogen and oxygen atoms in total. The van der Waals surface area contributed by atoms with E-state index in [2.05, 4.69) is 42.7 Å². The smallest absolute Gasteiger partial charge is 0.410 e. The molecule has 2 saturated heterocycles. The van der Waals surface area contributed by atoms with Crippen LogP contribution in [-0.2, 0) is 4.74 Å². The fraction of sp³-hybridized carbons (Fsp3) is 0.667. The fourth-order valence-corrected chi connectivity index (χ4v) is 6.32. The Kier molecular flexibility index (Phi) is 7.82. The van der Waals surface area contributed by atoms with Crippen LogP contribution in [0.2, 0.25) is 5.02 Å². The van der Waals surface area contributed by atoms with Crippen LogP contribution in [0.3, 0.4) is 0 Å². The number of rotatable bonds is 3. The maximum Gasteiger partial charge on any atom is 0.410 e. The van der Waals surface area contributed by atoms with Crippen molar-refractivity contribution in [2.45, 2.75) is 58.3 Å². The fourth-order valence-electron chi connectivity index (χ4n) is 5.71. The predicted molar refractivity (Wildman–Crippen MR) is 156 cm³/mol. The first-order valence-electron chi connectivity index (χ1n) is 13.6. The van der Waals surface area contributed by atoms with Gasteiger partial charge in [0, 0.05) is 63.3 Å². The monoisotopic (exact) mass is 624 g/mol. The Balaban J connectivity index is 1.52. The first-order valence-corrected chi connectivity index (χ1v) is 14.8. The van der Waals surface area contributed by atoms with Crippen molar-refractivity contribution >= 4 is 50.3 Å². The topological polar surface area (TPSA) is 83.4 Å². The summed E-state index contributed by atoms with van der Waals surface area (Å²) in [5.74, 6) is 1.13. The van der Waals surface area contributed by atoms with Gasteiger partial charge in [0.2, 0.25) is 0 Å². The number of aromatic nitrogens is 2. The summed E-state index contributed by atoms with van der Waals surface area (Å²) in [6.07, 6.45) is -0.335. The van der Waals surface area contributed by atoms with Crippen LogP contribution >= 0.6 is 27.5 Å². The van der Waals surface area contributed by atoms with Crippen molar-refractivity contribution in [3.05, 3.63) is 26.0 Å². The van der Waals surface area contributed by atoms with Gasteiger partial charge in [-0.15, -0.1) is 0 Å². The molecule has 1 amide bonds. The zero-order chi connectivity index (χ0) is 28.2. The number of amides is 1. The molecule has 0 N–H and O–H groups in total. The first-order chi connectivity index (χ1) is 18.3. The summed E-state index contributed by atoms with van der Waals surface area (Å²) < 4.78 is 14.4. The third kappa shape index (κ3) is 5.60. The average Bonchev–Trinajstić information content (AvgIpc) is 2.85. The number of likely N-dealkylation sites (N-methyl/N-ethyl adjacent to an activating group) is 1. The van der Waals surface area contributed by atoms with Gasteiger partial charge in [0.15, 0.2) is 5.75 Å². The van der Waals surface area contributed by atoms with Crippen LogP contribution < -0.4 is 15.3 Å². The van der Waals surface area contributed by atoms with Crippen LogP contribution in [-0.4, -0.2) is 107 Å². The van der Waals surface area contributed by atoms with Crippen molar-refractivity contribution < 1.29 is 14.3 Å². The van der Waals surface area contributed by atoms with Gasteiger partial charge in [-0.05, 0) is 63.7 Å². The average molecular weight is 626 g/mol. The zero-order valence-electron chi connectivity index (χ0n) is 23.5. The number of halogens is 2. The maximum absolute atomic E-state index is 13.7. The van der Waals surface area contributed by atoms with Crippen molar-refractivity contribution in [2.75, 3.05) is 64.4 Å². The van der Waals surface area contributed by atoms with Crippen LogP contribution in [0.5, 0.6) is 5.75 Å². The highest BCUT2D eigenvalue weighted by atomic mass is 79.9. The molecule has 12 heteroatoms. The normalized spacial score (nSPS) is 24.7. The van der Waals surface area contributed by atoms with Gasteiger partial charge in [0.25, 0.3) is 0 Å². The number of carbonyl (C=O) groups excluding carboxylic acids is 1. The molecule has 3 aliphatic rings. The molecule has 1 aromatic heterocycles. The number of hydrogen-bond acceptors (Lipinski definition) is 8. The van der Waals surface area contributed by atoms with E-state index in [4.69, 9.17) is 21.1 Å². The molecule has 0 spiro atoms. The van der Waals surface area contributed by atoms with Crippen LogP contribution in [0, 0.1) is 0 Å². The number of benzene rings is 1. The van der Waals surface area contributed by atoms with Crippen LogP contribution in [0.1, 0.15) is 40.7 Å². The molecular weight excluding hydrogens is 588 g/mol. The molecule has 214 valence electrons. The lowest BCUT2D eigenvalue weighted by Gasteiger charge is -2.45. The summed E-state index contributed by atoms with van der Waals surface area (Å²) in [5.41, 5.74) is -0.167. The van der Waals surface area contributed by atoms with Gasteiger partial charge in [-0.3, -0.25) is 9.47 Å². The highest BCUT2D eigenvalue weighted by Crippen LogP contribution is 2.44. The molecular formula is C27H38BrClN6O4. The standard InChI is InChI=1S/C27H38BrClN6O4/c1-16-13-34(26(37)39-27(3,4)5)17(2)12-33(16)24-19-11-20(29)21(28)23-22(19)35(25(36)30-24)18(15-38-23)14-32-9-7-31(6)8-10-32/h11,16-18H,7-10,12-15H2,1-6H3/t16?,17?,18-/m1/s1. The van der Waals surface area contributed by atoms with Gasteiger partial charge in [-0.25, -0.2) is 9.59 Å². The molecule has 2 unspecified atom stereocenters. The second-order valence-corrected chi connectivity index (χ2v) is 13.2. The molecule has 0 aliphatic carbocycles. The van der Waals surface area contributed by atoms with Gasteiger partial charge >= 0.3 is 11.8 Å². The Bertz CT molecular complexity index is 1320. The van der Waals surface area contributed by atoms with E-state index in [1.807, 2.05) is 40.7 Å². The van der Waals surface area contributed by atoms with Gasteiger partial charge in [0.1, 0.15) is 23.5 Å². The van der Waals surface area contributed by atoms with Crippen molar-refractivity contribution in [1.29, 1.82) is 0 Å². The number of ether oxygens (including phenoxy) is 2. The van der Waals surface area contributed by atoms with Crippen molar-refractivity contribution in [1.82, 2.24) is 24.3 Å². The quantitative estimate of drug-likeness (QED) is 0.509. The Morgan fingerprint density at radius 2 is 1.87 bits per heavy atom. The summed E-state index contributed by atoms with van der Waals surface area (Å²) in [5, 5.41) is 1.27. The van der Waals surface area contributed by atoms with E-state index in [1.165, 1.54) is 0 Å². The molecule has 5 rings (SSSR count). The Morgan fingerprint density at radius 1 is 1.18 bits per heavy atom. The lowest BCUT2D eigenvalue weighted by atomic mass is 10.1. The van der Waals surface area contributed by atoms with E-state index in [9.17, 15) is 9.59 Å². The van der Waals surface area contributed by atoms with Gasteiger partial charge in [-0.1, -0.05) is 11.6 Å². The Labute approximate surface area is 242 Å². The van der Waals surface area contributed by atoms with E-state index in [0.717, 1.165) is 31.6 Å². The number of hydrogen-bond donors (Lipinski definition) is 0. The van der Waals surface area contributed by atoms with Gasteiger partial charge in [-0.2, -0.15) is 4.98 Å². The maximum atomic E-state index is 13.7. The third-order valence-corrected chi connectivity index (χ3v) is 9.09. The molecule has 3 atom stereocenters. The summed E-state index contributed by atoms with van der Waals surface area (Å²) in [6, 6.07) is 1.46. The molecule has 0 radical (unpaired) electrons. The molecule has 39 heavy (non-hydrogen) atoms. The van der Waals surface area contributed by atoms with E-state index in [1.54, 1.807) is 9.47 Å². The molecule has 1 aromatic carbocycles. The van der Waals surface area contributed by atoms with E-state index >= 15 is 0 Å². The second kappa shape index (κ2) is 10.7. The largest absolute Gasteiger partial charge is 0.488 e.